The molecule has 5 aliphatic rings. The Hall–Kier alpha value is -2.62. The van der Waals surface area contributed by atoms with Crippen LogP contribution in [-0.4, -0.2) is 320 Å². The molecule has 5 aliphatic heterocycles. The average molecular weight is 1340 g/mol. The number of hydrogen-bond acceptors (Lipinski definition) is 38. The highest BCUT2D eigenvalue weighted by Gasteiger charge is 2.58. The summed E-state index contributed by atoms with van der Waals surface area (Å²) in [7, 11) is -21.3. The van der Waals surface area contributed by atoms with Crippen molar-refractivity contribution in [2.24, 2.45) is 11.8 Å². The van der Waals surface area contributed by atoms with E-state index in [0.29, 0.717) is 0 Å². The molecule has 0 spiro atoms. The SMILES string of the molecule is CNC1[C@@H](O)OC(COOO)[C@@H](O[C@@H]2OC(C(=O)O)[C@@H](COC[C@H]3OC(COOO)[C@@H](O[C@@H]4OC(C(=O)O)[C@@H](COC[C@H]5OC(COOO)[C@@H](O)[C@@H](O)C5NS(=O)(=O)O)[C@@H](O)C4O)[C@@H](OS(=O)(=O)O)C3NS(=O)(=O)O)[C@@H](O)C2OS(=O)(=O)O)[C@H]1O. The summed E-state index contributed by atoms with van der Waals surface area (Å²) in [5.74, 6) is -8.07. The maximum atomic E-state index is 12.7. The van der Waals surface area contributed by atoms with E-state index >= 15 is 0 Å². The number of rotatable bonds is 32. The lowest BCUT2D eigenvalue weighted by atomic mass is 9.88. The molecule has 25 atom stereocenters. The molecule has 5 fully saturated rings. The van der Waals surface area contributed by atoms with E-state index in [9.17, 15) is 107 Å². The fourth-order valence-electron chi connectivity index (χ4n) is 9.60. The molecule has 10 unspecified atom stereocenters. The van der Waals surface area contributed by atoms with Crippen LogP contribution in [0, 0.1) is 11.8 Å². The van der Waals surface area contributed by atoms with Gasteiger partial charge in [0.2, 0.25) is 0 Å². The molecule has 5 rings (SSSR count). The predicted molar refractivity (Wildman–Crippen MR) is 247 cm³/mol. The van der Waals surface area contributed by atoms with E-state index in [1.165, 1.54) is 11.8 Å². The van der Waals surface area contributed by atoms with E-state index in [2.05, 4.69) is 39.3 Å². The third-order valence-electron chi connectivity index (χ3n) is 13.3. The van der Waals surface area contributed by atoms with Crippen LogP contribution in [0.5, 0.6) is 0 Å². The second kappa shape index (κ2) is 31.4. The molecule has 498 valence electrons. The Balaban J connectivity index is 1.41. The van der Waals surface area contributed by atoms with Gasteiger partial charge in [0.05, 0.1) is 56.8 Å². The minimum Gasteiger partial charge on any atom is -0.479 e. The number of carbonyl (C=O) groups is 2. The van der Waals surface area contributed by atoms with Crippen molar-refractivity contribution in [3.8, 4) is 0 Å². The first-order chi connectivity index (χ1) is 39.5. The van der Waals surface area contributed by atoms with E-state index in [-0.39, 0.29) is 0 Å². The molecule has 0 amide bonds. The quantitative estimate of drug-likeness (QED) is 0.0169. The largest absolute Gasteiger partial charge is 0.479 e. The van der Waals surface area contributed by atoms with Crippen LogP contribution in [-0.2, 0) is 132 Å². The maximum Gasteiger partial charge on any atom is 0.397 e. The van der Waals surface area contributed by atoms with Gasteiger partial charge in [-0.15, -0.1) is 0 Å². The van der Waals surface area contributed by atoms with Crippen molar-refractivity contribution in [1.29, 1.82) is 0 Å². The first kappa shape index (κ1) is 73.1. The van der Waals surface area contributed by atoms with Gasteiger partial charge in [0.1, 0.15) is 93.1 Å². The normalized spacial score (nSPS) is 39.8. The number of aliphatic carboxylic acids is 2. The molecule has 5 saturated heterocycles. The molecule has 0 bridgehead atoms. The number of ether oxygens (including phenoxy) is 9. The van der Waals surface area contributed by atoms with Crippen LogP contribution < -0.4 is 14.8 Å². The van der Waals surface area contributed by atoms with Gasteiger partial charge in [-0.25, -0.2) is 48.4 Å². The van der Waals surface area contributed by atoms with Crippen LogP contribution >= 0.6 is 0 Å². The van der Waals surface area contributed by atoms with Crippen LogP contribution in [0.3, 0.4) is 0 Å². The Morgan fingerprint density at radius 2 is 0.871 bits per heavy atom. The van der Waals surface area contributed by atoms with Crippen molar-refractivity contribution in [3.63, 3.8) is 0 Å². The fourth-order valence-corrected chi connectivity index (χ4v) is 11.9. The van der Waals surface area contributed by atoms with Gasteiger partial charge in [-0.1, -0.05) is 15.1 Å². The molecule has 50 heteroatoms. The van der Waals surface area contributed by atoms with Crippen molar-refractivity contribution in [2.45, 2.75) is 141 Å². The molecule has 0 aromatic heterocycles. The Bertz CT molecular complexity index is 2600. The summed E-state index contributed by atoms with van der Waals surface area (Å²) in [4.78, 5) is 38.5. The smallest absolute Gasteiger partial charge is 0.397 e. The zero-order valence-electron chi connectivity index (χ0n) is 42.7. The summed E-state index contributed by atoms with van der Waals surface area (Å²) < 4.78 is 198. The van der Waals surface area contributed by atoms with Gasteiger partial charge in [0.25, 0.3) is 0 Å². The van der Waals surface area contributed by atoms with Gasteiger partial charge in [-0.2, -0.15) is 43.1 Å². The van der Waals surface area contributed by atoms with Gasteiger partial charge in [0, 0.05) is 11.8 Å². The molecular formula is C35H61N3O43S4. The average Bonchev–Trinajstić information content (AvgIpc) is 1.62. The van der Waals surface area contributed by atoms with Crippen molar-refractivity contribution in [1.82, 2.24) is 14.8 Å². The first-order valence-corrected chi connectivity index (χ1v) is 29.4. The number of hydrogen-bond donors (Lipinski definition) is 19. The minimum absolute atomic E-state index is 0.840. The van der Waals surface area contributed by atoms with Crippen LogP contribution in [0.2, 0.25) is 0 Å². The minimum atomic E-state index is -5.94. The van der Waals surface area contributed by atoms with E-state index in [4.69, 9.17) is 62.6 Å². The van der Waals surface area contributed by atoms with Crippen LogP contribution in [0.4, 0.5) is 0 Å². The summed E-state index contributed by atoms with van der Waals surface area (Å²) in [6, 6.07) is -5.95. The standard InChI is InChI=1S/C35H61N3O43S4/c1-36-18-23(43)27(14(7-68-80-51)72-33(18)49)75-35-30(78-85(62,63)64)20(40)10(26(74-35)32(47)48)3-66-5-12-17(38-83(56,57)58)29(77-84(59,60)61)28(15(71-12)8-69-81-52)76-34-24(44)19(39)9(25(73-34)31(45)46)2-65-4-11-16(37-82(53,54)55)22(42)21(41)13(70-11)6-67-79-50/h9-30,33-44,49-52H,2-8H2,1H3,(H,45,46)(H,47,48)(H,53,54,55)(H,56,57,58)(H,59,60,61)(H,62,63,64)/t9-,10-,11+,12+,13?,14?,15?,16?,17?,18?,19+,20+,21+,22-,23-,24?,25?,26?,27+,28+,29-,30?,33-,34-,35-/m0/s1. The molecule has 0 aliphatic carbocycles. The fraction of sp³-hybridized carbons (Fsp3) is 0.943. The Kier molecular flexibility index (Phi) is 27.0. The second-order valence-corrected chi connectivity index (χ2v) is 23.1. The number of carboxylic acids is 2. The van der Waals surface area contributed by atoms with Gasteiger partial charge >= 0.3 is 53.3 Å². The summed E-state index contributed by atoms with van der Waals surface area (Å²) in [6.07, 6.45) is -44.6. The molecule has 85 heavy (non-hydrogen) atoms. The molecule has 0 aromatic carbocycles. The van der Waals surface area contributed by atoms with Crippen molar-refractivity contribution >= 4 is 53.3 Å². The lowest BCUT2D eigenvalue weighted by Crippen LogP contribution is -2.68. The summed E-state index contributed by atoms with van der Waals surface area (Å²) in [5, 5.41) is 136. The van der Waals surface area contributed by atoms with Gasteiger partial charge < -0.3 is 93.9 Å². The highest BCUT2D eigenvalue weighted by molar-refractivity contribution is 7.84. The summed E-state index contributed by atoms with van der Waals surface area (Å²) >= 11 is 0. The van der Waals surface area contributed by atoms with Crippen LogP contribution in [0.1, 0.15) is 0 Å². The van der Waals surface area contributed by atoms with Crippen molar-refractivity contribution in [2.75, 3.05) is 53.3 Å². The number of aliphatic hydroxyl groups excluding tert-OH is 7. The monoisotopic (exact) mass is 1340 g/mol. The van der Waals surface area contributed by atoms with Crippen LogP contribution in [0.15, 0.2) is 0 Å². The number of nitrogens with one attached hydrogen (secondary N) is 3. The second-order valence-electron chi connectivity index (χ2n) is 18.7. The van der Waals surface area contributed by atoms with Gasteiger partial charge in [0.15, 0.2) is 37.2 Å². The van der Waals surface area contributed by atoms with Crippen molar-refractivity contribution < 1.29 is 204 Å². The molecule has 19 N–H and O–H groups in total. The van der Waals surface area contributed by atoms with E-state index in [0.717, 1.165) is 0 Å². The summed E-state index contributed by atoms with van der Waals surface area (Å²) in [5.41, 5.74) is 0. The molecule has 46 nitrogen and oxygen atoms in total. The first-order valence-electron chi connectivity index (χ1n) is 23.8. The van der Waals surface area contributed by atoms with Crippen molar-refractivity contribution in [3.05, 3.63) is 0 Å². The number of likely N-dealkylation sites (N-methyl/N-ethyl adjacent to an activating group) is 1. The third kappa shape index (κ3) is 20.2. The molecule has 5 heterocycles. The van der Waals surface area contributed by atoms with Crippen LogP contribution in [0.25, 0.3) is 0 Å². The number of carboxylic acid groups (broad SMARTS) is 2. The topological polar surface area (TPSA) is 687 Å². The maximum absolute atomic E-state index is 12.7. The lowest BCUT2D eigenvalue weighted by molar-refractivity contribution is -0.499. The summed E-state index contributed by atoms with van der Waals surface area (Å²) in [6.45, 7) is -7.50. The Morgan fingerprint density at radius 3 is 1.35 bits per heavy atom. The van der Waals surface area contributed by atoms with E-state index in [1.54, 1.807) is 4.72 Å². The predicted octanol–water partition coefficient (Wildman–Crippen LogP) is -11.2. The third-order valence-corrected chi connectivity index (χ3v) is 15.3. The molecule has 0 saturated carbocycles. The molecular weight excluding hydrogens is 1280 g/mol. The Morgan fingerprint density at radius 1 is 0.435 bits per heavy atom. The zero-order chi connectivity index (χ0) is 63.7. The highest BCUT2D eigenvalue weighted by Crippen LogP contribution is 2.37. The lowest BCUT2D eigenvalue weighted by Gasteiger charge is -2.48. The number of aliphatic hydroxyl groups is 7. The Labute approximate surface area is 476 Å². The van der Waals surface area contributed by atoms with E-state index < -0.39 is 252 Å². The molecule has 0 aromatic rings. The van der Waals surface area contributed by atoms with E-state index in [1.807, 2.05) is 0 Å². The highest BCUT2D eigenvalue weighted by atomic mass is 32.3. The zero-order valence-corrected chi connectivity index (χ0v) is 46.0. The molecule has 0 radical (unpaired) electrons. The van der Waals surface area contributed by atoms with Gasteiger partial charge in [-0.05, 0) is 7.05 Å². The van der Waals surface area contributed by atoms with Gasteiger partial charge in [-0.3, -0.25) is 18.2 Å².